The standard InChI is InChI=1S/C14H12O5/c15-10-6-9(7-11(16)14(10)19)13(18)12(17)8-4-2-1-3-5-8/h1-7,12,15-17,19H. The van der Waals surface area contributed by atoms with Gasteiger partial charge < -0.3 is 20.4 Å². The number of phenols is 3. The van der Waals surface area contributed by atoms with Crippen molar-refractivity contribution in [2.45, 2.75) is 6.10 Å². The minimum Gasteiger partial charge on any atom is -0.504 e. The summed E-state index contributed by atoms with van der Waals surface area (Å²) in [5, 5.41) is 37.8. The molecule has 1 atom stereocenters. The summed E-state index contributed by atoms with van der Waals surface area (Å²) >= 11 is 0. The van der Waals surface area contributed by atoms with E-state index in [4.69, 9.17) is 0 Å². The Balaban J connectivity index is 2.35. The van der Waals surface area contributed by atoms with Crippen LogP contribution in [-0.2, 0) is 0 Å². The molecule has 0 aromatic heterocycles. The number of hydrogen-bond acceptors (Lipinski definition) is 5. The molecule has 4 N–H and O–H groups in total. The maximum absolute atomic E-state index is 12.0. The van der Waals surface area contributed by atoms with Crippen molar-refractivity contribution in [3.05, 3.63) is 53.6 Å². The molecule has 0 heterocycles. The summed E-state index contributed by atoms with van der Waals surface area (Å²) < 4.78 is 0. The number of Topliss-reactive ketones (excluding diaryl/α,β-unsaturated/α-hetero) is 1. The van der Waals surface area contributed by atoms with Crippen LogP contribution in [0.5, 0.6) is 17.2 Å². The molecule has 5 nitrogen and oxygen atoms in total. The van der Waals surface area contributed by atoms with Crippen LogP contribution in [0, 0.1) is 0 Å². The predicted octanol–water partition coefficient (Wildman–Crippen LogP) is 1.72. The zero-order chi connectivity index (χ0) is 14.0. The van der Waals surface area contributed by atoms with Crippen molar-refractivity contribution in [1.82, 2.24) is 0 Å². The lowest BCUT2D eigenvalue weighted by molar-refractivity contribution is 0.0746. The molecule has 0 aliphatic rings. The van der Waals surface area contributed by atoms with Crippen molar-refractivity contribution in [3.63, 3.8) is 0 Å². The Morgan fingerprint density at radius 2 is 1.47 bits per heavy atom. The summed E-state index contributed by atoms with van der Waals surface area (Å²) in [4.78, 5) is 12.0. The maximum Gasteiger partial charge on any atom is 0.200 e. The second-order valence-corrected chi connectivity index (χ2v) is 4.04. The normalized spacial score (nSPS) is 12.1. The molecule has 2 aromatic rings. The molecule has 2 rings (SSSR count). The summed E-state index contributed by atoms with van der Waals surface area (Å²) in [7, 11) is 0. The van der Waals surface area contributed by atoms with E-state index in [2.05, 4.69) is 0 Å². The molecule has 0 saturated heterocycles. The quantitative estimate of drug-likeness (QED) is 0.497. The van der Waals surface area contributed by atoms with Crippen molar-refractivity contribution in [2.75, 3.05) is 0 Å². The molecule has 2 aromatic carbocycles. The van der Waals surface area contributed by atoms with Crippen LogP contribution in [0.25, 0.3) is 0 Å². The molecule has 0 saturated carbocycles. The van der Waals surface area contributed by atoms with Crippen LogP contribution in [0.2, 0.25) is 0 Å². The van der Waals surface area contributed by atoms with Crippen molar-refractivity contribution >= 4 is 5.78 Å². The number of rotatable bonds is 3. The van der Waals surface area contributed by atoms with Crippen LogP contribution in [-0.4, -0.2) is 26.2 Å². The Bertz CT molecular complexity index is 583. The first-order valence-electron chi connectivity index (χ1n) is 5.53. The van der Waals surface area contributed by atoms with E-state index in [1.807, 2.05) is 0 Å². The number of aromatic hydroxyl groups is 3. The van der Waals surface area contributed by atoms with Crippen LogP contribution in [0.15, 0.2) is 42.5 Å². The summed E-state index contributed by atoms with van der Waals surface area (Å²) in [6.45, 7) is 0. The maximum atomic E-state index is 12.0. The Morgan fingerprint density at radius 3 is 2.00 bits per heavy atom. The minimum absolute atomic E-state index is 0.0934. The lowest BCUT2D eigenvalue weighted by atomic mass is 9.99. The van der Waals surface area contributed by atoms with E-state index in [0.29, 0.717) is 5.56 Å². The highest BCUT2D eigenvalue weighted by molar-refractivity contribution is 6.00. The molecule has 0 radical (unpaired) electrons. The fraction of sp³-hybridized carbons (Fsp3) is 0.0714. The molecular weight excluding hydrogens is 248 g/mol. The second kappa shape index (κ2) is 4.99. The summed E-state index contributed by atoms with van der Waals surface area (Å²) in [5.41, 5.74) is 0.309. The highest BCUT2D eigenvalue weighted by Crippen LogP contribution is 2.36. The van der Waals surface area contributed by atoms with E-state index in [1.54, 1.807) is 30.3 Å². The van der Waals surface area contributed by atoms with Crippen LogP contribution < -0.4 is 0 Å². The zero-order valence-corrected chi connectivity index (χ0v) is 9.82. The van der Waals surface area contributed by atoms with Gasteiger partial charge in [0.05, 0.1) is 0 Å². The van der Waals surface area contributed by atoms with Crippen molar-refractivity contribution in [2.24, 2.45) is 0 Å². The van der Waals surface area contributed by atoms with Crippen LogP contribution in [0.3, 0.4) is 0 Å². The van der Waals surface area contributed by atoms with Gasteiger partial charge in [-0.2, -0.15) is 0 Å². The van der Waals surface area contributed by atoms with Crippen molar-refractivity contribution in [1.29, 1.82) is 0 Å². The van der Waals surface area contributed by atoms with Gasteiger partial charge in [-0.1, -0.05) is 30.3 Å². The molecule has 98 valence electrons. The average molecular weight is 260 g/mol. The van der Waals surface area contributed by atoms with Gasteiger partial charge in [0.2, 0.25) is 0 Å². The molecule has 5 heteroatoms. The Kier molecular flexibility index (Phi) is 3.39. The molecule has 0 spiro atoms. The van der Waals surface area contributed by atoms with Gasteiger partial charge >= 0.3 is 0 Å². The molecule has 1 unspecified atom stereocenters. The van der Waals surface area contributed by atoms with Crippen LogP contribution in [0.1, 0.15) is 22.0 Å². The summed E-state index contributed by atoms with van der Waals surface area (Å²) in [6.07, 6.45) is -1.40. The third-order valence-corrected chi connectivity index (χ3v) is 2.72. The van der Waals surface area contributed by atoms with Crippen LogP contribution >= 0.6 is 0 Å². The molecule has 0 aliphatic carbocycles. The van der Waals surface area contributed by atoms with Gasteiger partial charge in [-0.25, -0.2) is 0 Å². The monoisotopic (exact) mass is 260 g/mol. The Hall–Kier alpha value is -2.53. The lowest BCUT2D eigenvalue weighted by Gasteiger charge is -2.11. The summed E-state index contributed by atoms with van der Waals surface area (Å²) in [6, 6.07) is 10.3. The number of phenolic OH excluding ortho intramolecular Hbond substituents is 3. The van der Waals surface area contributed by atoms with Gasteiger partial charge in [-0.3, -0.25) is 4.79 Å². The number of carbonyl (C=O) groups excluding carboxylic acids is 1. The van der Waals surface area contributed by atoms with Crippen molar-refractivity contribution < 1.29 is 25.2 Å². The first-order valence-corrected chi connectivity index (χ1v) is 5.53. The van der Waals surface area contributed by atoms with Gasteiger partial charge in [0.25, 0.3) is 0 Å². The third kappa shape index (κ3) is 2.51. The van der Waals surface area contributed by atoms with Gasteiger partial charge in [0, 0.05) is 5.56 Å². The predicted molar refractivity (Wildman–Crippen MR) is 67.2 cm³/mol. The van der Waals surface area contributed by atoms with E-state index >= 15 is 0 Å². The molecule has 0 aliphatic heterocycles. The molecule has 0 fully saturated rings. The van der Waals surface area contributed by atoms with Gasteiger partial charge in [0.1, 0.15) is 6.10 Å². The summed E-state index contributed by atoms with van der Waals surface area (Å²) in [5.74, 6) is -2.63. The van der Waals surface area contributed by atoms with Gasteiger partial charge in [0.15, 0.2) is 23.0 Å². The fourth-order valence-corrected chi connectivity index (χ4v) is 1.69. The smallest absolute Gasteiger partial charge is 0.200 e. The topological polar surface area (TPSA) is 98.0 Å². The average Bonchev–Trinajstić information content (AvgIpc) is 2.43. The number of hydrogen-bond donors (Lipinski definition) is 4. The number of ketones is 1. The number of carbonyl (C=O) groups is 1. The number of benzene rings is 2. The molecule has 19 heavy (non-hydrogen) atoms. The van der Waals surface area contributed by atoms with E-state index in [1.165, 1.54) is 0 Å². The lowest BCUT2D eigenvalue weighted by Crippen LogP contribution is -2.12. The highest BCUT2D eigenvalue weighted by Gasteiger charge is 2.21. The van der Waals surface area contributed by atoms with E-state index < -0.39 is 29.1 Å². The van der Waals surface area contributed by atoms with E-state index in [9.17, 15) is 25.2 Å². The first-order chi connectivity index (χ1) is 9.00. The van der Waals surface area contributed by atoms with Gasteiger partial charge in [-0.15, -0.1) is 0 Å². The number of aliphatic hydroxyl groups excluding tert-OH is 1. The molecular formula is C14H12O5. The van der Waals surface area contributed by atoms with Crippen LogP contribution in [0.4, 0.5) is 0 Å². The Morgan fingerprint density at radius 1 is 0.947 bits per heavy atom. The van der Waals surface area contributed by atoms with Crippen molar-refractivity contribution in [3.8, 4) is 17.2 Å². The largest absolute Gasteiger partial charge is 0.504 e. The third-order valence-electron chi connectivity index (χ3n) is 2.72. The highest BCUT2D eigenvalue weighted by atomic mass is 16.3. The zero-order valence-electron chi connectivity index (χ0n) is 9.82. The minimum atomic E-state index is -1.40. The SMILES string of the molecule is O=C(c1cc(O)c(O)c(O)c1)C(O)c1ccccc1. The van der Waals surface area contributed by atoms with E-state index in [0.717, 1.165) is 12.1 Å². The first kappa shape index (κ1) is 12.9. The molecule has 0 amide bonds. The van der Waals surface area contributed by atoms with E-state index in [-0.39, 0.29) is 5.56 Å². The molecule has 0 bridgehead atoms. The fourth-order valence-electron chi connectivity index (χ4n) is 1.69. The number of aliphatic hydroxyl groups is 1. The van der Waals surface area contributed by atoms with Gasteiger partial charge in [-0.05, 0) is 17.7 Å². The second-order valence-electron chi connectivity index (χ2n) is 4.04. The Labute approximate surface area is 109 Å².